The number of nitrogens with two attached hydrogens (primary N) is 1. The van der Waals surface area contributed by atoms with Gasteiger partial charge >= 0.3 is 0 Å². The van der Waals surface area contributed by atoms with E-state index in [1.807, 2.05) is 32.0 Å². The molecule has 0 aliphatic carbocycles. The van der Waals surface area contributed by atoms with Gasteiger partial charge in [-0.15, -0.1) is 0 Å². The number of rotatable bonds is 4. The van der Waals surface area contributed by atoms with E-state index in [2.05, 4.69) is 10.5 Å². The zero-order valence-corrected chi connectivity index (χ0v) is 10.0. The molecule has 0 unspecified atom stereocenters. The van der Waals surface area contributed by atoms with Crippen LogP contribution in [0.5, 0.6) is 0 Å². The van der Waals surface area contributed by atoms with E-state index in [9.17, 15) is 4.79 Å². The summed E-state index contributed by atoms with van der Waals surface area (Å²) < 4.78 is 0. The molecule has 0 heterocycles. The number of nitrogens with zero attached hydrogens (tertiary/aromatic N) is 1. The van der Waals surface area contributed by atoms with Crippen molar-refractivity contribution in [2.45, 2.75) is 20.3 Å². The van der Waals surface area contributed by atoms with Gasteiger partial charge in [0.25, 0.3) is 5.91 Å². The predicted molar refractivity (Wildman–Crippen MR) is 66.3 cm³/mol. The average Bonchev–Trinajstić information content (AvgIpc) is 2.27. The fourth-order valence-electron chi connectivity index (χ4n) is 1.56. The molecule has 1 rings (SSSR count). The quantitative estimate of drug-likeness (QED) is 0.317. The maximum Gasteiger partial charge on any atom is 0.251 e. The van der Waals surface area contributed by atoms with Crippen molar-refractivity contribution in [1.29, 1.82) is 0 Å². The van der Waals surface area contributed by atoms with Crippen LogP contribution in [0.25, 0.3) is 0 Å². The zero-order chi connectivity index (χ0) is 12.8. The van der Waals surface area contributed by atoms with Crippen LogP contribution in [0.15, 0.2) is 23.4 Å². The third kappa shape index (κ3) is 4.14. The van der Waals surface area contributed by atoms with Gasteiger partial charge in [-0.1, -0.05) is 22.3 Å². The summed E-state index contributed by atoms with van der Waals surface area (Å²) in [5.74, 6) is -0.0479. The number of hydrogen-bond acceptors (Lipinski definition) is 3. The fraction of sp³-hybridized carbons (Fsp3) is 0.333. The summed E-state index contributed by atoms with van der Waals surface area (Å²) in [6.45, 7) is 4.24. The van der Waals surface area contributed by atoms with Gasteiger partial charge in [0, 0.05) is 18.5 Å². The van der Waals surface area contributed by atoms with Crippen LogP contribution in [0.2, 0.25) is 0 Å². The van der Waals surface area contributed by atoms with Crippen molar-refractivity contribution in [2.24, 2.45) is 10.9 Å². The van der Waals surface area contributed by atoms with E-state index < -0.39 is 0 Å². The number of carbonyl (C=O) groups excluding carboxylic acids is 1. The first-order valence-electron chi connectivity index (χ1n) is 5.36. The summed E-state index contributed by atoms with van der Waals surface area (Å²) in [7, 11) is 0. The molecule has 17 heavy (non-hydrogen) atoms. The number of aryl methyl sites for hydroxylation is 2. The first-order valence-corrected chi connectivity index (χ1v) is 5.36. The lowest BCUT2D eigenvalue weighted by molar-refractivity contribution is 0.0954. The molecule has 5 heteroatoms. The molecule has 0 radical (unpaired) electrons. The van der Waals surface area contributed by atoms with E-state index >= 15 is 0 Å². The van der Waals surface area contributed by atoms with Gasteiger partial charge in [-0.2, -0.15) is 0 Å². The standard InChI is InChI=1S/C12H17N3O2/c1-8-5-9(2)7-10(6-8)12(16)14-4-3-11(13)15-17/h5-7,17H,3-4H2,1-2H3,(H2,13,15)(H,14,16). The third-order valence-corrected chi connectivity index (χ3v) is 2.28. The molecule has 0 spiro atoms. The Bertz CT molecular complexity index is 421. The highest BCUT2D eigenvalue weighted by Gasteiger charge is 2.06. The second-order valence-electron chi connectivity index (χ2n) is 3.97. The summed E-state index contributed by atoms with van der Waals surface area (Å²) in [4.78, 5) is 11.8. The van der Waals surface area contributed by atoms with E-state index in [1.54, 1.807) is 0 Å². The molecule has 0 fully saturated rings. The van der Waals surface area contributed by atoms with Gasteiger partial charge < -0.3 is 16.3 Å². The first-order chi connectivity index (χ1) is 8.02. The van der Waals surface area contributed by atoms with Crippen molar-refractivity contribution in [1.82, 2.24) is 5.32 Å². The Morgan fingerprint density at radius 1 is 1.35 bits per heavy atom. The summed E-state index contributed by atoms with van der Waals surface area (Å²) in [6, 6.07) is 5.66. The number of nitrogens with one attached hydrogen (secondary N) is 1. The summed E-state index contributed by atoms with van der Waals surface area (Å²) in [5.41, 5.74) is 8.02. The molecule has 0 aromatic heterocycles. The van der Waals surface area contributed by atoms with Crippen molar-refractivity contribution >= 4 is 11.7 Å². The summed E-state index contributed by atoms with van der Waals surface area (Å²) in [5, 5.41) is 13.9. The van der Waals surface area contributed by atoms with E-state index in [4.69, 9.17) is 10.9 Å². The van der Waals surface area contributed by atoms with E-state index in [0.29, 0.717) is 18.5 Å². The van der Waals surface area contributed by atoms with E-state index in [-0.39, 0.29) is 11.7 Å². The van der Waals surface area contributed by atoms with Gasteiger partial charge in [-0.05, 0) is 26.0 Å². The van der Waals surface area contributed by atoms with Gasteiger partial charge in [0.05, 0.1) is 0 Å². The molecule has 0 atom stereocenters. The second kappa shape index (κ2) is 5.89. The lowest BCUT2D eigenvalue weighted by Crippen LogP contribution is -2.28. The molecule has 92 valence electrons. The predicted octanol–water partition coefficient (Wildman–Crippen LogP) is 1.17. The van der Waals surface area contributed by atoms with Crippen LogP contribution in [-0.4, -0.2) is 23.5 Å². The van der Waals surface area contributed by atoms with Crippen LogP contribution in [0, 0.1) is 13.8 Å². The highest BCUT2D eigenvalue weighted by Crippen LogP contribution is 2.08. The van der Waals surface area contributed by atoms with Crippen LogP contribution >= 0.6 is 0 Å². The molecule has 0 aliphatic heterocycles. The molecule has 5 nitrogen and oxygen atoms in total. The van der Waals surface area contributed by atoms with Crippen molar-refractivity contribution in [3.63, 3.8) is 0 Å². The average molecular weight is 235 g/mol. The molecule has 0 saturated heterocycles. The Morgan fingerprint density at radius 3 is 2.47 bits per heavy atom. The Balaban J connectivity index is 2.58. The molecule has 4 N–H and O–H groups in total. The number of hydrogen-bond donors (Lipinski definition) is 3. The molecule has 1 aromatic rings. The highest BCUT2D eigenvalue weighted by molar-refractivity contribution is 5.94. The third-order valence-electron chi connectivity index (χ3n) is 2.28. The topological polar surface area (TPSA) is 87.7 Å². The lowest BCUT2D eigenvalue weighted by Gasteiger charge is -2.06. The summed E-state index contributed by atoms with van der Waals surface area (Å²) >= 11 is 0. The monoisotopic (exact) mass is 235 g/mol. The zero-order valence-electron chi connectivity index (χ0n) is 10.0. The normalized spacial score (nSPS) is 11.3. The molecule has 0 aliphatic rings. The minimum atomic E-state index is -0.150. The Kier molecular flexibility index (Phi) is 4.51. The maximum atomic E-state index is 11.8. The minimum Gasteiger partial charge on any atom is -0.409 e. The summed E-state index contributed by atoms with van der Waals surface area (Å²) in [6.07, 6.45) is 0.326. The molecule has 1 amide bonds. The van der Waals surface area contributed by atoms with Crippen molar-refractivity contribution < 1.29 is 10.0 Å². The van der Waals surface area contributed by atoms with E-state index in [0.717, 1.165) is 11.1 Å². The second-order valence-corrected chi connectivity index (χ2v) is 3.97. The largest absolute Gasteiger partial charge is 0.409 e. The molecule has 1 aromatic carbocycles. The number of amidine groups is 1. The van der Waals surface area contributed by atoms with Crippen LogP contribution in [0.3, 0.4) is 0 Å². The Morgan fingerprint density at radius 2 is 1.94 bits per heavy atom. The Labute approximate surface area is 100 Å². The maximum absolute atomic E-state index is 11.8. The number of benzene rings is 1. The van der Waals surface area contributed by atoms with Gasteiger partial charge in [0.1, 0.15) is 5.84 Å². The number of oxime groups is 1. The molecule has 0 saturated carbocycles. The SMILES string of the molecule is Cc1cc(C)cc(C(=O)NCC/C(N)=N/O)c1. The lowest BCUT2D eigenvalue weighted by atomic mass is 10.1. The minimum absolute atomic E-state index is 0.103. The van der Waals surface area contributed by atoms with Crippen LogP contribution < -0.4 is 11.1 Å². The molecular weight excluding hydrogens is 218 g/mol. The number of amides is 1. The first kappa shape index (κ1) is 13.0. The van der Waals surface area contributed by atoms with Crippen molar-refractivity contribution in [3.05, 3.63) is 34.9 Å². The van der Waals surface area contributed by atoms with Gasteiger partial charge in [-0.25, -0.2) is 0 Å². The Hall–Kier alpha value is -2.04. The highest BCUT2D eigenvalue weighted by atomic mass is 16.4. The van der Waals surface area contributed by atoms with Gasteiger partial charge in [0.2, 0.25) is 0 Å². The molecular formula is C12H17N3O2. The van der Waals surface area contributed by atoms with Crippen molar-refractivity contribution in [2.75, 3.05) is 6.54 Å². The molecule has 0 bridgehead atoms. The van der Waals surface area contributed by atoms with Crippen molar-refractivity contribution in [3.8, 4) is 0 Å². The van der Waals surface area contributed by atoms with Crippen LogP contribution in [0.4, 0.5) is 0 Å². The van der Waals surface area contributed by atoms with Gasteiger partial charge in [-0.3, -0.25) is 4.79 Å². The van der Waals surface area contributed by atoms with Gasteiger partial charge in [0.15, 0.2) is 0 Å². The fourth-order valence-corrected chi connectivity index (χ4v) is 1.56. The number of carbonyl (C=O) groups is 1. The van der Waals surface area contributed by atoms with E-state index in [1.165, 1.54) is 0 Å². The van der Waals surface area contributed by atoms with Crippen LogP contribution in [-0.2, 0) is 0 Å². The smallest absolute Gasteiger partial charge is 0.251 e. The van der Waals surface area contributed by atoms with Crippen LogP contribution in [0.1, 0.15) is 27.9 Å².